The summed E-state index contributed by atoms with van der Waals surface area (Å²) in [6.07, 6.45) is 0.225. The van der Waals surface area contributed by atoms with E-state index in [4.69, 9.17) is 9.47 Å². The molecular weight excluding hydrogens is 376 g/mol. The van der Waals surface area contributed by atoms with Gasteiger partial charge in [0, 0.05) is 19.0 Å². The molecule has 2 aliphatic rings. The van der Waals surface area contributed by atoms with E-state index in [0.29, 0.717) is 26.2 Å². The second-order valence-electron chi connectivity index (χ2n) is 8.36. The molecule has 9 heteroatoms. The Morgan fingerprint density at radius 1 is 1.38 bits per heavy atom. The fraction of sp³-hybridized carbons (Fsp3) is 0.600. The van der Waals surface area contributed by atoms with Gasteiger partial charge < -0.3 is 14.4 Å². The first-order valence-corrected chi connectivity index (χ1v) is 9.77. The molecule has 0 aromatic heterocycles. The van der Waals surface area contributed by atoms with Crippen molar-refractivity contribution in [1.82, 2.24) is 9.80 Å². The molecule has 2 heterocycles. The Morgan fingerprint density at radius 3 is 2.76 bits per heavy atom. The summed E-state index contributed by atoms with van der Waals surface area (Å²) in [7, 11) is 0. The lowest BCUT2D eigenvalue weighted by molar-refractivity contribution is -0.486. The van der Waals surface area contributed by atoms with Crippen molar-refractivity contribution in [3.63, 3.8) is 0 Å². The Bertz CT molecular complexity index is 823. The minimum absolute atomic E-state index is 0.0327. The highest BCUT2D eigenvalue weighted by atomic mass is 16.7. The van der Waals surface area contributed by atoms with Gasteiger partial charge >= 0.3 is 6.09 Å². The van der Waals surface area contributed by atoms with Crippen LogP contribution in [0.2, 0.25) is 0 Å². The summed E-state index contributed by atoms with van der Waals surface area (Å²) in [6.45, 7) is 10.0. The van der Waals surface area contributed by atoms with Gasteiger partial charge in [-0.05, 0) is 45.2 Å². The fourth-order valence-electron chi connectivity index (χ4n) is 3.94. The summed E-state index contributed by atoms with van der Waals surface area (Å²) in [5.74, 6) is 0.262. The maximum Gasteiger partial charge on any atom is 0.417 e. The van der Waals surface area contributed by atoms with Crippen LogP contribution in [-0.2, 0) is 16.1 Å². The van der Waals surface area contributed by atoms with E-state index in [-0.39, 0.29) is 24.1 Å². The van der Waals surface area contributed by atoms with Crippen LogP contribution in [0, 0.1) is 29.9 Å². The Morgan fingerprint density at radius 2 is 2.14 bits per heavy atom. The number of amides is 1. The van der Waals surface area contributed by atoms with E-state index in [0.717, 1.165) is 23.1 Å². The zero-order valence-electron chi connectivity index (χ0n) is 17.4. The van der Waals surface area contributed by atoms with Crippen molar-refractivity contribution < 1.29 is 19.3 Å². The number of ether oxygens (including phenoxy) is 2. The molecule has 1 unspecified atom stereocenters. The first-order valence-electron chi connectivity index (χ1n) is 9.77. The van der Waals surface area contributed by atoms with Crippen LogP contribution >= 0.6 is 0 Å². The summed E-state index contributed by atoms with van der Waals surface area (Å²) in [6, 6.07) is 5.90. The highest BCUT2D eigenvalue weighted by Gasteiger charge is 2.39. The lowest BCUT2D eigenvalue weighted by Gasteiger charge is -2.22. The van der Waals surface area contributed by atoms with Crippen LogP contribution in [0.15, 0.2) is 23.3 Å². The first kappa shape index (κ1) is 21.0. The molecule has 29 heavy (non-hydrogen) atoms. The molecule has 1 aromatic rings. The van der Waals surface area contributed by atoms with Gasteiger partial charge in [0.05, 0.1) is 18.8 Å². The van der Waals surface area contributed by atoms with Crippen molar-refractivity contribution in [3.05, 3.63) is 45.0 Å². The predicted molar refractivity (Wildman–Crippen MR) is 107 cm³/mol. The van der Waals surface area contributed by atoms with E-state index in [2.05, 4.69) is 5.10 Å². The van der Waals surface area contributed by atoms with Gasteiger partial charge in [0.1, 0.15) is 11.7 Å². The van der Waals surface area contributed by atoms with Crippen molar-refractivity contribution in [2.45, 2.75) is 46.3 Å². The quantitative estimate of drug-likeness (QED) is 0.553. The van der Waals surface area contributed by atoms with Crippen LogP contribution in [0.25, 0.3) is 0 Å². The number of nitro groups is 1. The van der Waals surface area contributed by atoms with Gasteiger partial charge in [0.2, 0.25) is 0 Å². The van der Waals surface area contributed by atoms with Crippen molar-refractivity contribution in [3.8, 4) is 0 Å². The molecule has 2 aliphatic heterocycles. The second kappa shape index (κ2) is 8.36. The first-order chi connectivity index (χ1) is 13.6. The van der Waals surface area contributed by atoms with Crippen LogP contribution in [-0.4, -0.2) is 58.7 Å². The molecule has 0 saturated carbocycles. The Balaban J connectivity index is 1.66. The standard InChI is InChI=1S/C20H28N4O5/c1-14-5-6-17(15(2)9-14)13-28-19(25)23-8-7-22(18(23)21-24(26)27)11-16-10-20(3,4)29-12-16/h5-6,9,16H,7-8,10-13H2,1-4H3. The second-order valence-corrected chi connectivity index (χ2v) is 8.36. The van der Waals surface area contributed by atoms with Gasteiger partial charge in [0.15, 0.2) is 5.03 Å². The maximum absolute atomic E-state index is 12.6. The minimum atomic E-state index is -0.771. The molecule has 0 spiro atoms. The van der Waals surface area contributed by atoms with Crippen LogP contribution < -0.4 is 0 Å². The highest BCUT2D eigenvalue weighted by Crippen LogP contribution is 2.30. The van der Waals surface area contributed by atoms with Gasteiger partial charge in [-0.2, -0.15) is 0 Å². The average molecular weight is 404 g/mol. The summed E-state index contributed by atoms with van der Waals surface area (Å²) in [5, 5.41) is 13.8. The van der Waals surface area contributed by atoms with Crippen LogP contribution in [0.4, 0.5) is 4.79 Å². The molecule has 1 atom stereocenters. The molecule has 1 amide bonds. The monoisotopic (exact) mass is 404 g/mol. The van der Waals surface area contributed by atoms with Crippen LogP contribution in [0.1, 0.15) is 37.0 Å². The number of nitrogens with zero attached hydrogens (tertiary/aromatic N) is 4. The molecule has 1 aromatic carbocycles. The Kier molecular flexibility index (Phi) is 6.07. The van der Waals surface area contributed by atoms with Gasteiger partial charge in [-0.25, -0.2) is 19.8 Å². The normalized spacial score (nSPS) is 22.3. The smallest absolute Gasteiger partial charge is 0.417 e. The number of benzene rings is 1. The van der Waals surface area contributed by atoms with E-state index >= 15 is 0 Å². The topological polar surface area (TPSA) is 97.5 Å². The van der Waals surface area contributed by atoms with Crippen molar-refractivity contribution in [2.75, 3.05) is 26.2 Å². The number of hydrogen-bond donors (Lipinski definition) is 0. The molecule has 0 bridgehead atoms. The fourth-order valence-corrected chi connectivity index (χ4v) is 3.94. The molecular formula is C20H28N4O5. The summed E-state index contributed by atoms with van der Waals surface area (Å²) < 4.78 is 11.2. The van der Waals surface area contributed by atoms with E-state index in [9.17, 15) is 14.9 Å². The number of hydrogen-bond acceptors (Lipinski definition) is 5. The third kappa shape index (κ3) is 5.23. The van der Waals surface area contributed by atoms with E-state index in [1.54, 1.807) is 4.90 Å². The Hall–Kier alpha value is -2.68. The molecule has 9 nitrogen and oxygen atoms in total. The maximum atomic E-state index is 12.6. The third-order valence-corrected chi connectivity index (χ3v) is 5.33. The van der Waals surface area contributed by atoms with Crippen LogP contribution in [0.3, 0.4) is 0 Å². The van der Waals surface area contributed by atoms with E-state index in [1.807, 2.05) is 45.9 Å². The number of rotatable bonds is 5. The van der Waals surface area contributed by atoms with Gasteiger partial charge in [-0.3, -0.25) is 0 Å². The number of aryl methyl sites for hydroxylation is 2. The summed E-state index contributed by atoms with van der Waals surface area (Å²) in [5.41, 5.74) is 2.86. The zero-order valence-corrected chi connectivity index (χ0v) is 17.4. The van der Waals surface area contributed by atoms with Gasteiger partial charge in [-0.15, -0.1) is 0 Å². The third-order valence-electron chi connectivity index (χ3n) is 5.33. The Labute approximate surface area is 170 Å². The van der Waals surface area contributed by atoms with Crippen LogP contribution in [0.5, 0.6) is 0 Å². The molecule has 0 aliphatic carbocycles. The minimum Gasteiger partial charge on any atom is -0.444 e. The molecule has 2 saturated heterocycles. The molecule has 0 N–H and O–H groups in total. The lowest BCUT2D eigenvalue weighted by atomic mass is 9.97. The number of carbonyl (C=O) groups excluding carboxylic acids is 1. The van der Waals surface area contributed by atoms with Gasteiger partial charge in [-0.1, -0.05) is 23.8 Å². The zero-order chi connectivity index (χ0) is 21.2. The largest absolute Gasteiger partial charge is 0.444 e. The van der Waals surface area contributed by atoms with Crippen molar-refractivity contribution in [1.29, 1.82) is 0 Å². The van der Waals surface area contributed by atoms with E-state index in [1.165, 1.54) is 4.90 Å². The van der Waals surface area contributed by atoms with Crippen molar-refractivity contribution in [2.24, 2.45) is 11.0 Å². The molecule has 3 rings (SSSR count). The molecule has 0 radical (unpaired) electrons. The average Bonchev–Trinajstić information content (AvgIpc) is 3.16. The molecule has 158 valence electrons. The summed E-state index contributed by atoms with van der Waals surface area (Å²) >= 11 is 0. The summed E-state index contributed by atoms with van der Waals surface area (Å²) in [4.78, 5) is 26.7. The number of carbonyl (C=O) groups is 1. The predicted octanol–water partition coefficient (Wildman–Crippen LogP) is 2.92. The van der Waals surface area contributed by atoms with Crippen molar-refractivity contribution >= 4 is 12.1 Å². The SMILES string of the molecule is Cc1ccc(COC(=O)N2CCN(CC3COC(C)(C)C3)C2=N[N+](=O)[O-])c(C)c1. The number of hydrazone groups is 1. The van der Waals surface area contributed by atoms with E-state index < -0.39 is 11.1 Å². The van der Waals surface area contributed by atoms with Gasteiger partial charge in [0.25, 0.3) is 5.96 Å². The highest BCUT2D eigenvalue weighted by molar-refractivity contribution is 5.95. The number of guanidine groups is 1. The molecule has 2 fully saturated rings. The lowest BCUT2D eigenvalue weighted by Crippen LogP contribution is -2.40.